The summed E-state index contributed by atoms with van der Waals surface area (Å²) in [5.41, 5.74) is 3.46. The maximum absolute atomic E-state index is 13.5. The van der Waals surface area contributed by atoms with E-state index in [4.69, 9.17) is 16.7 Å². The van der Waals surface area contributed by atoms with E-state index in [1.165, 1.54) is 22.5 Å². The van der Waals surface area contributed by atoms with Gasteiger partial charge in [-0.15, -0.1) is 11.3 Å². The zero-order chi connectivity index (χ0) is 24.2. The largest absolute Gasteiger partial charge is 0.481 e. The lowest BCUT2D eigenvalue weighted by molar-refractivity contribution is -0.137. The number of thiophene rings is 1. The molecular weight excluding hydrogens is 474 g/mol. The first-order valence-corrected chi connectivity index (χ1v) is 12.9. The molecule has 182 valence electrons. The number of carboxylic acid groups (broad SMARTS) is 1. The van der Waals surface area contributed by atoms with Crippen LogP contribution in [0.25, 0.3) is 0 Å². The van der Waals surface area contributed by atoms with Gasteiger partial charge in [0.05, 0.1) is 21.2 Å². The van der Waals surface area contributed by atoms with Crippen molar-refractivity contribution in [3.63, 3.8) is 0 Å². The summed E-state index contributed by atoms with van der Waals surface area (Å²) in [6.45, 7) is 2.40. The minimum Gasteiger partial charge on any atom is -0.481 e. The number of nitrogens with one attached hydrogen (secondary N) is 1. The number of hydrogen-bond acceptors (Lipinski definition) is 5. The summed E-state index contributed by atoms with van der Waals surface area (Å²) in [4.78, 5) is 41.8. The van der Waals surface area contributed by atoms with Crippen molar-refractivity contribution in [2.45, 2.75) is 44.6 Å². The highest BCUT2D eigenvalue weighted by Gasteiger charge is 2.41. The predicted molar refractivity (Wildman–Crippen MR) is 134 cm³/mol. The van der Waals surface area contributed by atoms with Gasteiger partial charge in [0, 0.05) is 31.7 Å². The molecule has 2 N–H and O–H groups in total. The number of benzene rings is 1. The van der Waals surface area contributed by atoms with E-state index < -0.39 is 11.9 Å². The van der Waals surface area contributed by atoms with Crippen molar-refractivity contribution in [1.29, 1.82) is 0 Å². The van der Waals surface area contributed by atoms with Crippen molar-refractivity contribution in [2.75, 3.05) is 31.6 Å². The number of carbonyl (C=O) groups excluding carboxylic acids is 2. The Balaban J connectivity index is 1.52. The molecule has 0 radical (unpaired) electrons. The van der Waals surface area contributed by atoms with Crippen LogP contribution in [0.4, 0.5) is 5.69 Å². The van der Waals surface area contributed by atoms with E-state index in [0.717, 1.165) is 31.6 Å². The molecule has 0 bridgehead atoms. The average Bonchev–Trinajstić information content (AvgIpc) is 3.31. The third-order valence-electron chi connectivity index (χ3n) is 6.74. The first-order chi connectivity index (χ1) is 16.3. The second-order valence-electron chi connectivity index (χ2n) is 9.13. The topological polar surface area (TPSA) is 89.9 Å². The number of carbonyl (C=O) groups is 3. The Labute approximate surface area is 208 Å². The molecule has 9 heteroatoms. The number of fused-ring (bicyclic) bond motifs is 1. The van der Waals surface area contributed by atoms with Crippen molar-refractivity contribution < 1.29 is 19.5 Å². The Morgan fingerprint density at radius 2 is 1.91 bits per heavy atom. The van der Waals surface area contributed by atoms with Crippen LogP contribution in [-0.4, -0.2) is 60.5 Å². The smallest absolute Gasteiger partial charge is 0.303 e. The number of unbranched alkanes of at least 4 members (excludes halogenated alkanes) is 1. The lowest BCUT2D eigenvalue weighted by Gasteiger charge is -2.19. The van der Waals surface area contributed by atoms with Gasteiger partial charge in [0.25, 0.3) is 5.91 Å². The number of aliphatic carboxylic acids is 1. The number of likely N-dealkylation sites (N-methyl/N-ethyl adjacent to an activating group) is 1. The van der Waals surface area contributed by atoms with Gasteiger partial charge in [-0.05, 0) is 68.1 Å². The monoisotopic (exact) mass is 503 g/mol. The number of carboxylic acids is 1. The highest BCUT2D eigenvalue weighted by molar-refractivity contribution is 7.18. The molecule has 2 amide bonds. The summed E-state index contributed by atoms with van der Waals surface area (Å²) in [7, 11) is 2.12. The zero-order valence-electron chi connectivity index (χ0n) is 19.3. The fourth-order valence-electron chi connectivity index (χ4n) is 4.80. The number of anilines is 1. The van der Waals surface area contributed by atoms with E-state index in [1.54, 1.807) is 17.0 Å². The Bertz CT molecular complexity index is 1070. The Morgan fingerprint density at radius 1 is 1.15 bits per heavy atom. The Morgan fingerprint density at radius 3 is 2.62 bits per heavy atom. The molecule has 2 aliphatic heterocycles. The van der Waals surface area contributed by atoms with Gasteiger partial charge in [0.1, 0.15) is 0 Å². The van der Waals surface area contributed by atoms with Crippen molar-refractivity contribution in [1.82, 2.24) is 10.2 Å². The SMILES string of the molecule is CN1CCc2ccc(N3C[C@H](NC(=O)c4ccc(Cl)s4)[C@@H](CCCCC(=O)O)C3=O)cc2CC1. The van der Waals surface area contributed by atoms with Crippen molar-refractivity contribution in [3.05, 3.63) is 50.7 Å². The molecule has 4 rings (SSSR count). The Kier molecular flexibility index (Phi) is 7.91. The molecular formula is C25H30ClN3O4S. The number of hydrogen-bond donors (Lipinski definition) is 2. The minimum atomic E-state index is -0.838. The van der Waals surface area contributed by atoms with Gasteiger partial charge in [0.2, 0.25) is 5.91 Å². The third kappa shape index (κ3) is 5.79. The van der Waals surface area contributed by atoms with E-state index in [2.05, 4.69) is 29.4 Å². The molecule has 0 unspecified atom stereocenters. The molecule has 1 fully saturated rings. The van der Waals surface area contributed by atoms with Gasteiger partial charge in [-0.1, -0.05) is 24.1 Å². The highest BCUT2D eigenvalue weighted by Crippen LogP contribution is 2.32. The van der Waals surface area contributed by atoms with Crippen LogP contribution in [0, 0.1) is 5.92 Å². The standard InChI is InChI=1S/C25H30ClN3O4S/c1-28-12-10-16-6-7-18(14-17(16)11-13-28)29-15-20(27-24(32)21-8-9-22(26)34-21)19(25(29)33)4-2-3-5-23(30)31/h6-9,14,19-20H,2-5,10-13,15H2,1H3,(H,27,32)(H,30,31)/t19-,20+/m1/s1. The van der Waals surface area contributed by atoms with Crippen LogP contribution in [0.3, 0.4) is 0 Å². The van der Waals surface area contributed by atoms with Gasteiger partial charge in [0.15, 0.2) is 0 Å². The first kappa shape index (κ1) is 24.7. The van der Waals surface area contributed by atoms with Gasteiger partial charge >= 0.3 is 5.97 Å². The molecule has 2 aromatic rings. The molecule has 0 saturated carbocycles. The second-order valence-corrected chi connectivity index (χ2v) is 10.8. The molecule has 2 aliphatic rings. The van der Waals surface area contributed by atoms with Crippen LogP contribution < -0.4 is 10.2 Å². The maximum Gasteiger partial charge on any atom is 0.303 e. The van der Waals surface area contributed by atoms with Gasteiger partial charge in [-0.3, -0.25) is 14.4 Å². The first-order valence-electron chi connectivity index (χ1n) is 11.7. The van der Waals surface area contributed by atoms with Crippen LogP contribution in [0.2, 0.25) is 4.34 Å². The number of halogens is 1. The predicted octanol–water partition coefficient (Wildman–Crippen LogP) is 3.84. The molecule has 3 heterocycles. The molecule has 1 aromatic carbocycles. The summed E-state index contributed by atoms with van der Waals surface area (Å²) >= 11 is 7.20. The van der Waals surface area contributed by atoms with Crippen LogP contribution in [0.15, 0.2) is 30.3 Å². The number of amides is 2. The van der Waals surface area contributed by atoms with Crippen molar-refractivity contribution in [2.24, 2.45) is 5.92 Å². The second kappa shape index (κ2) is 10.9. The molecule has 0 aliphatic carbocycles. The van der Waals surface area contributed by atoms with Crippen LogP contribution in [0.5, 0.6) is 0 Å². The maximum atomic E-state index is 13.5. The zero-order valence-corrected chi connectivity index (χ0v) is 20.8. The molecule has 2 atom stereocenters. The summed E-state index contributed by atoms with van der Waals surface area (Å²) in [5, 5.41) is 12.0. The minimum absolute atomic E-state index is 0.0180. The number of rotatable bonds is 8. The quantitative estimate of drug-likeness (QED) is 0.534. The fraction of sp³-hybridized carbons (Fsp3) is 0.480. The lowest BCUT2D eigenvalue weighted by Crippen LogP contribution is -2.40. The van der Waals surface area contributed by atoms with Crippen molar-refractivity contribution >= 4 is 46.4 Å². The fourth-order valence-corrected chi connectivity index (χ4v) is 5.74. The normalized spacial score (nSPS) is 20.8. The summed E-state index contributed by atoms with van der Waals surface area (Å²) < 4.78 is 0.537. The molecule has 1 aromatic heterocycles. The van der Waals surface area contributed by atoms with Gasteiger partial charge in [-0.2, -0.15) is 0 Å². The van der Waals surface area contributed by atoms with Crippen LogP contribution >= 0.6 is 22.9 Å². The number of nitrogens with zero attached hydrogens (tertiary/aromatic N) is 2. The molecule has 34 heavy (non-hydrogen) atoms. The summed E-state index contributed by atoms with van der Waals surface area (Å²) in [6.07, 6.45) is 3.67. The van der Waals surface area contributed by atoms with E-state index in [0.29, 0.717) is 35.0 Å². The van der Waals surface area contributed by atoms with E-state index in [-0.39, 0.29) is 24.3 Å². The summed E-state index contributed by atoms with van der Waals surface area (Å²) in [5.74, 6) is -1.49. The van der Waals surface area contributed by atoms with Crippen LogP contribution in [-0.2, 0) is 22.4 Å². The molecule has 7 nitrogen and oxygen atoms in total. The van der Waals surface area contributed by atoms with Gasteiger partial charge < -0.3 is 20.2 Å². The van der Waals surface area contributed by atoms with E-state index in [9.17, 15) is 14.4 Å². The Hall–Kier alpha value is -2.42. The van der Waals surface area contributed by atoms with Gasteiger partial charge in [-0.25, -0.2) is 0 Å². The van der Waals surface area contributed by atoms with E-state index >= 15 is 0 Å². The molecule has 1 saturated heterocycles. The van der Waals surface area contributed by atoms with Crippen LogP contribution in [0.1, 0.15) is 46.5 Å². The van der Waals surface area contributed by atoms with Crippen molar-refractivity contribution in [3.8, 4) is 0 Å². The summed E-state index contributed by atoms with van der Waals surface area (Å²) in [6, 6.07) is 9.27. The average molecular weight is 504 g/mol. The highest BCUT2D eigenvalue weighted by atomic mass is 35.5. The lowest BCUT2D eigenvalue weighted by atomic mass is 9.95. The van der Waals surface area contributed by atoms with E-state index in [1.807, 2.05) is 6.07 Å². The third-order valence-corrected chi connectivity index (χ3v) is 7.97. The molecule has 0 spiro atoms.